The van der Waals surface area contributed by atoms with Gasteiger partial charge in [-0.2, -0.15) is 0 Å². The maximum atomic E-state index is 6.07. The van der Waals surface area contributed by atoms with Crippen LogP contribution in [-0.2, 0) is 4.74 Å². The van der Waals surface area contributed by atoms with Crippen LogP contribution in [0.5, 0.6) is 0 Å². The molecule has 3 aliphatic rings. The normalized spacial score (nSPS) is 31.6. The number of morpholine rings is 1. The Balaban J connectivity index is 1.66. The fourth-order valence-electron chi connectivity index (χ4n) is 3.50. The molecule has 2 heterocycles. The summed E-state index contributed by atoms with van der Waals surface area (Å²) in [6.07, 6.45) is 9.62. The van der Waals surface area contributed by atoms with Gasteiger partial charge in [-0.05, 0) is 32.7 Å². The monoisotopic (exact) mass is 276 g/mol. The zero-order valence-corrected chi connectivity index (χ0v) is 12.2. The van der Waals surface area contributed by atoms with E-state index in [0.29, 0.717) is 12.1 Å². The predicted octanol–water partition coefficient (Wildman–Crippen LogP) is 1.34. The molecule has 0 bridgehead atoms. The number of nitrogens with zero attached hydrogens (tertiary/aromatic N) is 3. The molecule has 1 saturated heterocycles. The van der Waals surface area contributed by atoms with Crippen LogP contribution in [0.2, 0.25) is 0 Å². The van der Waals surface area contributed by atoms with Crippen LogP contribution >= 0.6 is 0 Å². The first-order chi connectivity index (χ1) is 9.88. The fraction of sp³-hybridized carbons (Fsp3) is 0.800. The summed E-state index contributed by atoms with van der Waals surface area (Å²) < 4.78 is 8.47. The van der Waals surface area contributed by atoms with Crippen molar-refractivity contribution in [2.45, 2.75) is 49.9 Å². The van der Waals surface area contributed by atoms with Gasteiger partial charge in [0.15, 0.2) is 0 Å². The van der Waals surface area contributed by atoms with E-state index in [9.17, 15) is 0 Å². The van der Waals surface area contributed by atoms with Crippen molar-refractivity contribution in [1.29, 1.82) is 0 Å². The maximum absolute atomic E-state index is 6.07. The highest BCUT2D eigenvalue weighted by Gasteiger charge is 2.43. The lowest BCUT2D eigenvalue weighted by molar-refractivity contribution is -0.0763. The SMILES string of the molecule is CNCC1OCCN(C2CC2)C1c1cncn1C1CC1. The number of hydrogen-bond donors (Lipinski definition) is 1. The molecule has 4 rings (SSSR count). The van der Waals surface area contributed by atoms with Crippen LogP contribution in [-0.4, -0.2) is 53.3 Å². The average Bonchev–Trinajstić information content (AvgIpc) is 3.38. The second kappa shape index (κ2) is 5.13. The molecule has 1 aromatic rings. The van der Waals surface area contributed by atoms with Gasteiger partial charge in [-0.15, -0.1) is 0 Å². The number of rotatable bonds is 5. The summed E-state index contributed by atoms with van der Waals surface area (Å²) in [5.41, 5.74) is 1.36. The lowest BCUT2D eigenvalue weighted by Crippen LogP contribution is -2.50. The van der Waals surface area contributed by atoms with Gasteiger partial charge in [0.05, 0.1) is 30.8 Å². The van der Waals surface area contributed by atoms with E-state index in [0.717, 1.165) is 25.7 Å². The van der Waals surface area contributed by atoms with Gasteiger partial charge in [-0.3, -0.25) is 4.90 Å². The summed E-state index contributed by atoms with van der Waals surface area (Å²) in [5.74, 6) is 0. The number of aromatic nitrogens is 2. The fourth-order valence-corrected chi connectivity index (χ4v) is 3.50. The van der Waals surface area contributed by atoms with Crippen LogP contribution in [0, 0.1) is 0 Å². The molecule has 0 radical (unpaired) electrons. The first-order valence-electron chi connectivity index (χ1n) is 7.92. The molecule has 0 amide bonds. The minimum atomic E-state index is 0.239. The zero-order chi connectivity index (χ0) is 13.5. The molecule has 20 heavy (non-hydrogen) atoms. The number of hydrogen-bond acceptors (Lipinski definition) is 4. The van der Waals surface area contributed by atoms with Crippen LogP contribution < -0.4 is 5.32 Å². The van der Waals surface area contributed by atoms with Gasteiger partial charge in [0, 0.05) is 31.4 Å². The third kappa shape index (κ3) is 2.28. The number of ether oxygens (including phenoxy) is 1. The molecular weight excluding hydrogens is 252 g/mol. The number of nitrogens with one attached hydrogen (secondary N) is 1. The predicted molar refractivity (Wildman–Crippen MR) is 76.6 cm³/mol. The van der Waals surface area contributed by atoms with Crippen LogP contribution in [0.25, 0.3) is 0 Å². The molecule has 1 aliphatic heterocycles. The molecule has 2 aliphatic carbocycles. The molecule has 3 fully saturated rings. The molecule has 2 atom stereocenters. The van der Waals surface area contributed by atoms with Crippen molar-refractivity contribution in [3.05, 3.63) is 18.2 Å². The molecule has 1 N–H and O–H groups in total. The Kier molecular flexibility index (Phi) is 3.28. The molecule has 110 valence electrons. The smallest absolute Gasteiger partial charge is 0.0951 e. The molecule has 5 heteroatoms. The summed E-state index contributed by atoms with van der Waals surface area (Å²) in [6.45, 7) is 2.83. The lowest BCUT2D eigenvalue weighted by Gasteiger charge is -2.41. The first-order valence-corrected chi connectivity index (χ1v) is 7.92. The summed E-state index contributed by atoms with van der Waals surface area (Å²) in [5, 5.41) is 3.29. The highest BCUT2D eigenvalue weighted by Crippen LogP contribution is 2.42. The minimum absolute atomic E-state index is 0.239. The molecule has 2 saturated carbocycles. The lowest BCUT2D eigenvalue weighted by atomic mass is 10.0. The van der Waals surface area contributed by atoms with Gasteiger partial charge in [0.1, 0.15) is 0 Å². The third-order valence-corrected chi connectivity index (χ3v) is 4.75. The van der Waals surface area contributed by atoms with Gasteiger partial charge in [-0.1, -0.05) is 0 Å². The molecule has 2 unspecified atom stereocenters. The summed E-state index contributed by atoms with van der Waals surface area (Å²) >= 11 is 0. The molecule has 0 aromatic carbocycles. The van der Waals surface area contributed by atoms with Crippen LogP contribution in [0.1, 0.15) is 43.5 Å². The van der Waals surface area contributed by atoms with E-state index in [1.165, 1.54) is 31.4 Å². The molecular formula is C15H24N4O. The van der Waals surface area contributed by atoms with Gasteiger partial charge in [-0.25, -0.2) is 4.98 Å². The van der Waals surface area contributed by atoms with Crippen molar-refractivity contribution in [2.75, 3.05) is 26.7 Å². The Bertz CT molecular complexity index is 464. The van der Waals surface area contributed by atoms with E-state index in [4.69, 9.17) is 4.74 Å². The maximum Gasteiger partial charge on any atom is 0.0951 e. The van der Waals surface area contributed by atoms with E-state index in [1.54, 1.807) is 0 Å². The van der Waals surface area contributed by atoms with Crippen molar-refractivity contribution in [1.82, 2.24) is 19.8 Å². The van der Waals surface area contributed by atoms with Crippen molar-refractivity contribution < 1.29 is 4.74 Å². The Hall–Kier alpha value is -0.910. The van der Waals surface area contributed by atoms with Gasteiger partial charge in [0.2, 0.25) is 0 Å². The van der Waals surface area contributed by atoms with Crippen molar-refractivity contribution >= 4 is 0 Å². The van der Waals surface area contributed by atoms with E-state index in [-0.39, 0.29) is 6.10 Å². The third-order valence-electron chi connectivity index (χ3n) is 4.75. The van der Waals surface area contributed by atoms with Crippen LogP contribution in [0.3, 0.4) is 0 Å². The van der Waals surface area contributed by atoms with E-state index < -0.39 is 0 Å². The highest BCUT2D eigenvalue weighted by atomic mass is 16.5. The van der Waals surface area contributed by atoms with Crippen LogP contribution in [0.15, 0.2) is 12.5 Å². The van der Waals surface area contributed by atoms with E-state index in [1.807, 2.05) is 13.4 Å². The van der Waals surface area contributed by atoms with Gasteiger partial charge in [0.25, 0.3) is 0 Å². The summed E-state index contributed by atoms with van der Waals surface area (Å²) in [4.78, 5) is 7.10. The average molecular weight is 276 g/mol. The Morgan fingerprint density at radius 3 is 2.80 bits per heavy atom. The Morgan fingerprint density at radius 1 is 1.30 bits per heavy atom. The quantitative estimate of drug-likeness (QED) is 0.881. The second-order valence-corrected chi connectivity index (χ2v) is 6.34. The minimum Gasteiger partial charge on any atom is -0.374 e. The van der Waals surface area contributed by atoms with Crippen molar-refractivity contribution in [2.24, 2.45) is 0 Å². The van der Waals surface area contributed by atoms with E-state index >= 15 is 0 Å². The van der Waals surface area contributed by atoms with E-state index in [2.05, 4.69) is 26.0 Å². The second-order valence-electron chi connectivity index (χ2n) is 6.34. The van der Waals surface area contributed by atoms with Gasteiger partial charge < -0.3 is 14.6 Å². The first kappa shape index (κ1) is 12.8. The largest absolute Gasteiger partial charge is 0.374 e. The Labute approximate surface area is 120 Å². The molecule has 0 spiro atoms. The summed E-state index contributed by atoms with van der Waals surface area (Å²) in [7, 11) is 2.01. The highest BCUT2D eigenvalue weighted by molar-refractivity contribution is 5.14. The van der Waals surface area contributed by atoms with Crippen LogP contribution in [0.4, 0.5) is 0 Å². The topological polar surface area (TPSA) is 42.3 Å². The molecule has 1 aromatic heterocycles. The number of imidazole rings is 1. The Morgan fingerprint density at radius 2 is 2.10 bits per heavy atom. The van der Waals surface area contributed by atoms with Crippen molar-refractivity contribution in [3.8, 4) is 0 Å². The standard InChI is InChI=1S/C15H24N4O/c1-16-9-14-15(18(6-7-20-14)11-2-3-11)13-8-17-10-19(13)12-4-5-12/h8,10-12,14-16H,2-7,9H2,1H3. The number of likely N-dealkylation sites (N-methyl/N-ethyl adjacent to an activating group) is 1. The van der Waals surface area contributed by atoms with Gasteiger partial charge >= 0.3 is 0 Å². The summed E-state index contributed by atoms with van der Waals surface area (Å²) in [6, 6.07) is 1.82. The van der Waals surface area contributed by atoms with Crippen molar-refractivity contribution in [3.63, 3.8) is 0 Å². The zero-order valence-electron chi connectivity index (χ0n) is 12.2. The molecule has 5 nitrogen and oxygen atoms in total.